The minimum Gasteiger partial charge on any atom is -0.369 e. The molecular weight excluding hydrogens is 249 g/mol. The summed E-state index contributed by atoms with van der Waals surface area (Å²) in [7, 11) is 0. The van der Waals surface area contributed by atoms with Crippen molar-refractivity contribution in [1.82, 2.24) is 4.90 Å². The van der Waals surface area contributed by atoms with Gasteiger partial charge in [-0.3, -0.25) is 4.79 Å². The number of nitrogens with two attached hydrogens (primary N) is 1. The number of piperidine rings is 1. The Morgan fingerprint density at radius 3 is 2.79 bits per heavy atom. The molecule has 1 aromatic carbocycles. The van der Waals surface area contributed by atoms with Gasteiger partial charge < -0.3 is 16.0 Å². The normalized spacial score (nSPS) is 19.0. The number of benzene rings is 1. The van der Waals surface area contributed by atoms with E-state index in [1.54, 1.807) is 12.1 Å². The topological polar surface area (TPSA) is 75.4 Å². The van der Waals surface area contributed by atoms with E-state index < -0.39 is 17.8 Å². The van der Waals surface area contributed by atoms with E-state index in [1.807, 2.05) is 0 Å². The number of primary amides is 1. The van der Waals surface area contributed by atoms with Crippen molar-refractivity contribution in [3.05, 3.63) is 30.1 Å². The molecule has 0 bridgehead atoms. The number of hydrogen-bond acceptors (Lipinski definition) is 2. The number of halogens is 1. The lowest BCUT2D eigenvalue weighted by molar-refractivity contribution is -0.123. The molecule has 0 spiro atoms. The van der Waals surface area contributed by atoms with Gasteiger partial charge in [0.05, 0.1) is 11.6 Å². The third-order valence-corrected chi connectivity index (χ3v) is 3.23. The van der Waals surface area contributed by atoms with E-state index in [1.165, 1.54) is 17.0 Å². The number of rotatable bonds is 2. The maximum absolute atomic E-state index is 13.4. The largest absolute Gasteiger partial charge is 0.369 e. The van der Waals surface area contributed by atoms with Gasteiger partial charge in [-0.15, -0.1) is 0 Å². The van der Waals surface area contributed by atoms with Crippen LogP contribution in [0.15, 0.2) is 24.3 Å². The van der Waals surface area contributed by atoms with Crippen molar-refractivity contribution in [2.45, 2.75) is 12.8 Å². The maximum atomic E-state index is 13.4. The van der Waals surface area contributed by atoms with Crippen LogP contribution in [-0.4, -0.2) is 29.9 Å². The highest BCUT2D eigenvalue weighted by Crippen LogP contribution is 2.18. The third kappa shape index (κ3) is 3.21. The SMILES string of the molecule is NC(=O)[C@H]1CCCN(C(=O)Nc2ccccc2F)C1. The molecule has 0 saturated carbocycles. The van der Waals surface area contributed by atoms with Crippen LogP contribution in [0.25, 0.3) is 0 Å². The molecule has 102 valence electrons. The summed E-state index contributed by atoms with van der Waals surface area (Å²) in [6.45, 7) is 0.833. The number of nitrogens with one attached hydrogen (secondary N) is 1. The van der Waals surface area contributed by atoms with Crippen molar-refractivity contribution in [3.8, 4) is 0 Å². The van der Waals surface area contributed by atoms with Crippen LogP contribution in [0.5, 0.6) is 0 Å². The number of carbonyl (C=O) groups excluding carboxylic acids is 2. The van der Waals surface area contributed by atoms with Gasteiger partial charge in [-0.25, -0.2) is 9.18 Å². The van der Waals surface area contributed by atoms with E-state index >= 15 is 0 Å². The van der Waals surface area contributed by atoms with Crippen LogP contribution in [0, 0.1) is 11.7 Å². The predicted octanol–water partition coefficient (Wildman–Crippen LogP) is 1.55. The Balaban J connectivity index is 2.00. The first kappa shape index (κ1) is 13.3. The molecule has 6 heteroatoms. The van der Waals surface area contributed by atoms with Crippen LogP contribution in [0.1, 0.15) is 12.8 Å². The first-order chi connectivity index (χ1) is 9.08. The molecule has 0 radical (unpaired) electrons. The van der Waals surface area contributed by atoms with Gasteiger partial charge in [-0.2, -0.15) is 0 Å². The van der Waals surface area contributed by atoms with Gasteiger partial charge in [0.25, 0.3) is 0 Å². The van der Waals surface area contributed by atoms with Crippen molar-refractivity contribution >= 4 is 17.6 Å². The monoisotopic (exact) mass is 265 g/mol. The zero-order valence-corrected chi connectivity index (χ0v) is 10.4. The average Bonchev–Trinajstić information content (AvgIpc) is 2.41. The van der Waals surface area contributed by atoms with Crippen molar-refractivity contribution in [2.75, 3.05) is 18.4 Å². The number of amides is 3. The highest BCUT2D eigenvalue weighted by molar-refractivity contribution is 5.90. The number of likely N-dealkylation sites (tertiary alicyclic amines) is 1. The van der Waals surface area contributed by atoms with E-state index in [9.17, 15) is 14.0 Å². The molecule has 2 rings (SSSR count). The lowest BCUT2D eigenvalue weighted by Crippen LogP contribution is -2.45. The summed E-state index contributed by atoms with van der Waals surface area (Å²) in [5, 5.41) is 2.50. The molecule has 3 amide bonds. The molecule has 0 unspecified atom stereocenters. The van der Waals surface area contributed by atoms with E-state index in [0.29, 0.717) is 13.0 Å². The summed E-state index contributed by atoms with van der Waals surface area (Å²) in [5.74, 6) is -1.21. The van der Waals surface area contributed by atoms with E-state index in [4.69, 9.17) is 5.73 Å². The van der Waals surface area contributed by atoms with Crippen molar-refractivity contribution in [1.29, 1.82) is 0 Å². The fraction of sp³-hybridized carbons (Fsp3) is 0.385. The zero-order valence-electron chi connectivity index (χ0n) is 10.4. The molecule has 3 N–H and O–H groups in total. The molecule has 0 aliphatic carbocycles. The first-order valence-electron chi connectivity index (χ1n) is 6.17. The Kier molecular flexibility index (Phi) is 3.99. The predicted molar refractivity (Wildman–Crippen MR) is 68.9 cm³/mol. The zero-order chi connectivity index (χ0) is 13.8. The third-order valence-electron chi connectivity index (χ3n) is 3.23. The molecule has 1 saturated heterocycles. The Morgan fingerprint density at radius 1 is 1.37 bits per heavy atom. The van der Waals surface area contributed by atoms with Crippen LogP contribution >= 0.6 is 0 Å². The lowest BCUT2D eigenvalue weighted by Gasteiger charge is -2.31. The molecule has 5 nitrogen and oxygen atoms in total. The van der Waals surface area contributed by atoms with E-state index in [0.717, 1.165) is 6.42 Å². The number of nitrogens with zero attached hydrogens (tertiary/aromatic N) is 1. The van der Waals surface area contributed by atoms with Gasteiger partial charge in [-0.1, -0.05) is 12.1 Å². The molecule has 1 atom stereocenters. The second-order valence-corrected chi connectivity index (χ2v) is 4.60. The number of carbonyl (C=O) groups is 2. The summed E-state index contributed by atoms with van der Waals surface area (Å²) in [5.41, 5.74) is 5.38. The second kappa shape index (κ2) is 5.69. The molecule has 19 heavy (non-hydrogen) atoms. The van der Waals surface area contributed by atoms with Crippen LogP contribution in [-0.2, 0) is 4.79 Å². The van der Waals surface area contributed by atoms with Gasteiger partial charge in [0.2, 0.25) is 5.91 Å². The Labute approximate surface area is 110 Å². The fourth-order valence-electron chi connectivity index (χ4n) is 2.15. The first-order valence-corrected chi connectivity index (χ1v) is 6.17. The van der Waals surface area contributed by atoms with Gasteiger partial charge in [0.1, 0.15) is 5.82 Å². The summed E-state index contributed by atoms with van der Waals surface area (Å²) in [6, 6.07) is 5.55. The minimum atomic E-state index is -0.487. The number of anilines is 1. The van der Waals surface area contributed by atoms with Crippen LogP contribution in [0.2, 0.25) is 0 Å². The molecule has 1 aliphatic rings. The molecule has 1 aromatic rings. The second-order valence-electron chi connectivity index (χ2n) is 4.60. The fourth-order valence-corrected chi connectivity index (χ4v) is 2.15. The summed E-state index contributed by atoms with van der Waals surface area (Å²) < 4.78 is 13.4. The molecular formula is C13H16FN3O2. The lowest BCUT2D eigenvalue weighted by atomic mass is 9.98. The minimum absolute atomic E-state index is 0.133. The van der Waals surface area contributed by atoms with Crippen LogP contribution in [0.4, 0.5) is 14.9 Å². The van der Waals surface area contributed by atoms with Crippen molar-refractivity contribution in [2.24, 2.45) is 11.7 Å². The highest BCUT2D eigenvalue weighted by atomic mass is 19.1. The van der Waals surface area contributed by atoms with Crippen LogP contribution < -0.4 is 11.1 Å². The molecule has 0 aromatic heterocycles. The number of hydrogen-bond donors (Lipinski definition) is 2. The smallest absolute Gasteiger partial charge is 0.321 e. The number of para-hydroxylation sites is 1. The summed E-state index contributed by atoms with van der Waals surface area (Å²) >= 11 is 0. The Hall–Kier alpha value is -2.11. The van der Waals surface area contributed by atoms with Gasteiger partial charge in [0.15, 0.2) is 0 Å². The van der Waals surface area contributed by atoms with Crippen molar-refractivity contribution in [3.63, 3.8) is 0 Å². The summed E-state index contributed by atoms with van der Waals surface area (Å²) in [4.78, 5) is 24.6. The van der Waals surface area contributed by atoms with E-state index in [-0.39, 0.29) is 18.2 Å². The Bertz CT molecular complexity index is 493. The average molecular weight is 265 g/mol. The quantitative estimate of drug-likeness (QED) is 0.851. The summed E-state index contributed by atoms with van der Waals surface area (Å²) in [6.07, 6.45) is 1.41. The maximum Gasteiger partial charge on any atom is 0.321 e. The molecule has 1 heterocycles. The van der Waals surface area contributed by atoms with E-state index in [2.05, 4.69) is 5.32 Å². The standard InChI is InChI=1S/C13H16FN3O2/c14-10-5-1-2-6-11(10)16-13(19)17-7-3-4-9(8-17)12(15)18/h1-2,5-6,9H,3-4,7-8H2,(H2,15,18)(H,16,19)/t9-/m0/s1. The van der Waals surface area contributed by atoms with Crippen molar-refractivity contribution < 1.29 is 14.0 Å². The van der Waals surface area contributed by atoms with Crippen LogP contribution in [0.3, 0.4) is 0 Å². The Morgan fingerprint density at radius 2 is 2.11 bits per heavy atom. The highest BCUT2D eigenvalue weighted by Gasteiger charge is 2.27. The number of urea groups is 1. The van der Waals surface area contributed by atoms with Gasteiger partial charge >= 0.3 is 6.03 Å². The molecule has 1 fully saturated rings. The van der Waals surface area contributed by atoms with Gasteiger partial charge in [-0.05, 0) is 25.0 Å². The van der Waals surface area contributed by atoms with Gasteiger partial charge in [0, 0.05) is 13.1 Å². The molecule has 1 aliphatic heterocycles.